The third-order valence-corrected chi connectivity index (χ3v) is 9.10. The summed E-state index contributed by atoms with van der Waals surface area (Å²) < 4.78 is 32.5. The first-order valence-electron chi connectivity index (χ1n) is 15.4. The first kappa shape index (κ1) is 29.6. The van der Waals surface area contributed by atoms with E-state index in [1.54, 1.807) is 11.1 Å². The number of aromatic nitrogens is 2. The lowest BCUT2D eigenvalue weighted by Crippen LogP contribution is -2.61. The van der Waals surface area contributed by atoms with Crippen LogP contribution in [0.3, 0.4) is 0 Å². The lowest BCUT2D eigenvalue weighted by atomic mass is 9.72. The van der Waals surface area contributed by atoms with Gasteiger partial charge in [-0.05, 0) is 84.9 Å². The molecular weight excluding hydrogens is 553 g/mol. The van der Waals surface area contributed by atoms with Crippen molar-refractivity contribution in [2.24, 2.45) is 5.41 Å². The monoisotopic (exact) mass is 595 g/mol. The maximum absolute atomic E-state index is 14.6. The molecular formula is C32H42FN5O5. The van der Waals surface area contributed by atoms with Crippen LogP contribution in [-0.2, 0) is 9.47 Å². The molecule has 2 amide bonds. The zero-order valence-electron chi connectivity index (χ0n) is 25.7. The van der Waals surface area contributed by atoms with Gasteiger partial charge in [-0.25, -0.2) is 19.2 Å². The number of carbonyl (C=O) groups excluding carboxylic acids is 2. The van der Waals surface area contributed by atoms with E-state index in [9.17, 15) is 14.0 Å². The number of likely N-dealkylation sites (tertiary alicyclic amines) is 1. The number of fused-ring (bicyclic) bond motifs is 2. The number of hydrogen-bond donors (Lipinski definition) is 0. The predicted molar refractivity (Wildman–Crippen MR) is 158 cm³/mol. The van der Waals surface area contributed by atoms with Gasteiger partial charge in [0.05, 0.1) is 30.0 Å². The quantitative estimate of drug-likeness (QED) is 0.437. The number of hydrogen-bond acceptors (Lipinski definition) is 8. The molecule has 1 aromatic heterocycles. The van der Waals surface area contributed by atoms with E-state index in [-0.39, 0.29) is 53.0 Å². The van der Waals surface area contributed by atoms with Crippen LogP contribution in [0.5, 0.6) is 11.5 Å². The zero-order valence-corrected chi connectivity index (χ0v) is 25.7. The summed E-state index contributed by atoms with van der Waals surface area (Å²) in [7, 11) is 0. The highest BCUT2D eigenvalue weighted by Gasteiger charge is 2.48. The number of piperidine rings is 1. The molecule has 6 rings (SSSR count). The molecule has 4 saturated heterocycles. The lowest BCUT2D eigenvalue weighted by molar-refractivity contribution is 0.00585. The van der Waals surface area contributed by atoms with Crippen molar-refractivity contribution in [3.05, 3.63) is 42.1 Å². The van der Waals surface area contributed by atoms with Gasteiger partial charge in [0.1, 0.15) is 23.5 Å². The van der Waals surface area contributed by atoms with E-state index in [0.717, 1.165) is 45.2 Å². The average molecular weight is 596 g/mol. The molecule has 1 spiro atoms. The summed E-state index contributed by atoms with van der Waals surface area (Å²) in [6.45, 7) is 12.4. The molecule has 2 bridgehead atoms. The van der Waals surface area contributed by atoms with Crippen molar-refractivity contribution in [3.63, 3.8) is 0 Å². The van der Waals surface area contributed by atoms with E-state index in [1.807, 2.05) is 39.5 Å². The van der Waals surface area contributed by atoms with Crippen LogP contribution in [0, 0.1) is 11.2 Å². The summed E-state index contributed by atoms with van der Waals surface area (Å²) in [5.74, 6) is 0.515. The number of benzene rings is 1. The Bertz CT molecular complexity index is 1360. The van der Waals surface area contributed by atoms with Gasteiger partial charge >= 0.3 is 6.09 Å². The van der Waals surface area contributed by atoms with Gasteiger partial charge in [-0.2, -0.15) is 0 Å². The van der Waals surface area contributed by atoms with Crippen LogP contribution in [0.4, 0.5) is 15.0 Å². The number of rotatable bonds is 6. The minimum atomic E-state index is -0.518. The number of carbonyl (C=O) groups is 2. The van der Waals surface area contributed by atoms with E-state index >= 15 is 0 Å². The Balaban J connectivity index is 1.16. The van der Waals surface area contributed by atoms with Crippen molar-refractivity contribution < 1.29 is 28.2 Å². The predicted octanol–water partition coefficient (Wildman–Crippen LogP) is 5.42. The van der Waals surface area contributed by atoms with E-state index < -0.39 is 11.4 Å². The molecule has 0 radical (unpaired) electrons. The fourth-order valence-electron chi connectivity index (χ4n) is 7.03. The molecule has 0 N–H and O–H groups in total. The molecule has 11 heteroatoms. The van der Waals surface area contributed by atoms with Crippen molar-refractivity contribution in [1.82, 2.24) is 19.8 Å². The van der Waals surface area contributed by atoms with Crippen LogP contribution in [0.15, 0.2) is 30.7 Å². The van der Waals surface area contributed by atoms with Crippen molar-refractivity contribution in [2.45, 2.75) is 96.6 Å². The molecule has 0 saturated carbocycles. The summed E-state index contributed by atoms with van der Waals surface area (Å²) in [5, 5.41) is 0. The molecule has 4 aliphatic rings. The Morgan fingerprint density at radius 1 is 1.14 bits per heavy atom. The van der Waals surface area contributed by atoms with Crippen molar-refractivity contribution >= 4 is 17.8 Å². The highest BCUT2D eigenvalue weighted by atomic mass is 19.1. The van der Waals surface area contributed by atoms with E-state index in [1.165, 1.54) is 24.5 Å². The molecule has 43 heavy (non-hydrogen) atoms. The van der Waals surface area contributed by atoms with Gasteiger partial charge < -0.3 is 28.9 Å². The standard InChI is InChI=1S/C32H42FN5O5/c1-20(2)38(24-15-22-7-9-26(24)41-22)29(39)23-14-21(33)6-8-25(23)42-27-16-34-19-35-28(27)37-17-32(18-37)10-12-36(13-11-32)30(40)43-31(3,4)5/h6,8,14,16,19-20,22,24,26H,7,9-13,15,17-18H2,1-5H3/t22-,24+,26+/m0/s1. The van der Waals surface area contributed by atoms with Crippen LogP contribution < -0.4 is 9.64 Å². The van der Waals surface area contributed by atoms with Gasteiger partial charge in [0.15, 0.2) is 11.6 Å². The Morgan fingerprint density at radius 3 is 2.51 bits per heavy atom. The maximum Gasteiger partial charge on any atom is 0.410 e. The fourth-order valence-corrected chi connectivity index (χ4v) is 7.03. The van der Waals surface area contributed by atoms with Crippen LogP contribution in [-0.4, -0.2) is 87.8 Å². The van der Waals surface area contributed by atoms with Crippen molar-refractivity contribution in [2.75, 3.05) is 31.1 Å². The molecule has 3 atom stereocenters. The van der Waals surface area contributed by atoms with Gasteiger partial charge in [0.2, 0.25) is 0 Å². The van der Waals surface area contributed by atoms with E-state index in [4.69, 9.17) is 14.2 Å². The van der Waals surface area contributed by atoms with Crippen molar-refractivity contribution in [1.29, 1.82) is 0 Å². The van der Waals surface area contributed by atoms with Gasteiger partial charge in [-0.3, -0.25) is 4.79 Å². The van der Waals surface area contributed by atoms with Crippen LogP contribution in [0.1, 0.15) is 77.1 Å². The second kappa shape index (κ2) is 11.2. The molecule has 4 fully saturated rings. The Morgan fingerprint density at radius 2 is 1.88 bits per heavy atom. The number of ether oxygens (including phenoxy) is 3. The molecule has 5 heterocycles. The zero-order chi connectivity index (χ0) is 30.5. The molecule has 0 aliphatic carbocycles. The number of nitrogens with zero attached hydrogens (tertiary/aromatic N) is 5. The smallest absolute Gasteiger partial charge is 0.410 e. The molecule has 2 aromatic rings. The third-order valence-electron chi connectivity index (χ3n) is 9.10. The van der Waals surface area contributed by atoms with Gasteiger partial charge in [-0.1, -0.05) is 0 Å². The fraction of sp³-hybridized carbons (Fsp3) is 0.625. The molecule has 1 aromatic carbocycles. The van der Waals surface area contributed by atoms with Crippen LogP contribution in [0.2, 0.25) is 0 Å². The van der Waals surface area contributed by atoms with E-state index in [0.29, 0.717) is 24.7 Å². The second-order valence-corrected chi connectivity index (χ2v) is 13.8. The maximum atomic E-state index is 14.6. The molecule has 232 valence electrons. The highest BCUT2D eigenvalue weighted by Crippen LogP contribution is 2.45. The third kappa shape index (κ3) is 6.01. The molecule has 0 unspecified atom stereocenters. The summed E-state index contributed by atoms with van der Waals surface area (Å²) in [6.07, 6.45) is 7.48. The topological polar surface area (TPSA) is 97.3 Å². The summed E-state index contributed by atoms with van der Waals surface area (Å²) in [6, 6.07) is 3.91. The normalized spacial score (nSPS) is 24.3. The Hall–Kier alpha value is -3.47. The summed E-state index contributed by atoms with van der Waals surface area (Å²) in [5.41, 5.74) is -0.269. The van der Waals surface area contributed by atoms with Gasteiger partial charge in [0.25, 0.3) is 5.91 Å². The number of anilines is 1. The van der Waals surface area contributed by atoms with Crippen molar-refractivity contribution in [3.8, 4) is 11.5 Å². The highest BCUT2D eigenvalue weighted by molar-refractivity contribution is 5.97. The lowest BCUT2D eigenvalue weighted by Gasteiger charge is -2.54. The van der Waals surface area contributed by atoms with E-state index in [2.05, 4.69) is 14.9 Å². The number of amides is 2. The minimum Gasteiger partial charge on any atom is -0.451 e. The Labute approximate surface area is 252 Å². The van der Waals surface area contributed by atoms with Crippen LogP contribution >= 0.6 is 0 Å². The molecule has 10 nitrogen and oxygen atoms in total. The van der Waals surface area contributed by atoms with Gasteiger partial charge in [-0.15, -0.1) is 0 Å². The number of halogens is 1. The Kier molecular flexibility index (Phi) is 7.73. The second-order valence-electron chi connectivity index (χ2n) is 13.8. The largest absolute Gasteiger partial charge is 0.451 e. The van der Waals surface area contributed by atoms with Crippen LogP contribution in [0.25, 0.3) is 0 Å². The molecule has 4 aliphatic heterocycles. The summed E-state index contributed by atoms with van der Waals surface area (Å²) in [4.78, 5) is 41.0. The first-order valence-corrected chi connectivity index (χ1v) is 15.4. The minimum absolute atomic E-state index is 0.0122. The SMILES string of the molecule is CC(C)N(C(=O)c1cc(F)ccc1Oc1cncnc1N1CC2(CCN(C(=O)OC(C)(C)C)CC2)C1)[C@@H]1C[C@@H]2CC[C@H]1O2. The summed E-state index contributed by atoms with van der Waals surface area (Å²) >= 11 is 0. The van der Waals surface area contributed by atoms with Gasteiger partial charge in [0, 0.05) is 37.6 Å². The first-order chi connectivity index (χ1) is 20.4. The average Bonchev–Trinajstić information content (AvgIpc) is 3.56.